The number of fused-ring (bicyclic) bond motifs is 1. The van der Waals surface area contributed by atoms with Gasteiger partial charge in [-0.15, -0.1) is 0 Å². The summed E-state index contributed by atoms with van der Waals surface area (Å²) in [6.45, 7) is 0. The molecule has 10 heteroatoms. The van der Waals surface area contributed by atoms with Crippen LogP contribution in [0.2, 0.25) is 0 Å². The number of carboxylic acid groups (broad SMARTS) is 1. The zero-order valence-electron chi connectivity index (χ0n) is 13.7. The molecule has 0 fully saturated rings. The SMILES string of the molecule is COc1cc2cc(C(=O)Nc3nc[nH]c3C(=O)O)c(=O)oc2cc1OC. The Kier molecular flexibility index (Phi) is 4.31. The molecule has 3 N–H and O–H groups in total. The minimum atomic E-state index is -1.31. The number of ether oxygens (including phenoxy) is 2. The first-order valence-electron chi connectivity index (χ1n) is 7.22. The van der Waals surface area contributed by atoms with Crippen LogP contribution in [0, 0.1) is 0 Å². The molecule has 0 saturated heterocycles. The first kappa shape index (κ1) is 17.0. The van der Waals surface area contributed by atoms with Gasteiger partial charge in [-0.05, 0) is 12.1 Å². The van der Waals surface area contributed by atoms with Crippen LogP contribution in [0.15, 0.2) is 33.7 Å². The molecule has 1 aromatic carbocycles. The Morgan fingerprint density at radius 1 is 1.19 bits per heavy atom. The van der Waals surface area contributed by atoms with Crippen molar-refractivity contribution in [1.29, 1.82) is 0 Å². The van der Waals surface area contributed by atoms with Crippen LogP contribution in [0.3, 0.4) is 0 Å². The van der Waals surface area contributed by atoms with Gasteiger partial charge in [-0.25, -0.2) is 14.6 Å². The molecular weight excluding hydrogens is 346 g/mol. The molecule has 0 atom stereocenters. The van der Waals surface area contributed by atoms with E-state index in [1.807, 2.05) is 0 Å². The number of nitrogens with zero attached hydrogens (tertiary/aromatic N) is 1. The van der Waals surface area contributed by atoms with Crippen molar-refractivity contribution in [3.8, 4) is 11.5 Å². The molecular formula is C16H13N3O7. The van der Waals surface area contributed by atoms with Gasteiger partial charge in [0.1, 0.15) is 11.1 Å². The zero-order valence-corrected chi connectivity index (χ0v) is 13.7. The molecule has 1 amide bonds. The Balaban J connectivity index is 2.03. The van der Waals surface area contributed by atoms with Gasteiger partial charge in [-0.2, -0.15) is 0 Å². The summed E-state index contributed by atoms with van der Waals surface area (Å²) in [5.41, 5.74) is -1.32. The second-order valence-corrected chi connectivity index (χ2v) is 5.08. The molecule has 0 aliphatic rings. The molecule has 2 aromatic heterocycles. The number of rotatable bonds is 5. The fourth-order valence-electron chi connectivity index (χ4n) is 2.33. The maximum absolute atomic E-state index is 12.4. The molecule has 3 aromatic rings. The van der Waals surface area contributed by atoms with Crippen molar-refractivity contribution < 1.29 is 28.6 Å². The molecule has 0 aliphatic heterocycles. The number of carbonyl (C=O) groups is 2. The second kappa shape index (κ2) is 6.59. The molecule has 0 aliphatic carbocycles. The monoisotopic (exact) mass is 359 g/mol. The van der Waals surface area contributed by atoms with E-state index in [0.717, 1.165) is 6.33 Å². The van der Waals surface area contributed by atoms with E-state index in [2.05, 4.69) is 15.3 Å². The number of amides is 1. The number of hydrogen-bond acceptors (Lipinski definition) is 7. The highest BCUT2D eigenvalue weighted by atomic mass is 16.5. The van der Waals surface area contributed by atoms with Crippen LogP contribution in [0.1, 0.15) is 20.8 Å². The third-order valence-corrected chi connectivity index (χ3v) is 3.57. The van der Waals surface area contributed by atoms with E-state index in [9.17, 15) is 14.4 Å². The van der Waals surface area contributed by atoms with Gasteiger partial charge in [-0.1, -0.05) is 0 Å². The molecule has 0 radical (unpaired) electrons. The van der Waals surface area contributed by atoms with Gasteiger partial charge in [0, 0.05) is 11.5 Å². The summed E-state index contributed by atoms with van der Waals surface area (Å²) < 4.78 is 15.5. The largest absolute Gasteiger partial charge is 0.493 e. The van der Waals surface area contributed by atoms with Gasteiger partial charge in [0.15, 0.2) is 23.0 Å². The lowest BCUT2D eigenvalue weighted by atomic mass is 10.1. The zero-order chi connectivity index (χ0) is 18.8. The fourth-order valence-corrected chi connectivity index (χ4v) is 2.33. The van der Waals surface area contributed by atoms with Crippen LogP contribution in [0.25, 0.3) is 11.0 Å². The van der Waals surface area contributed by atoms with Crippen molar-refractivity contribution in [1.82, 2.24) is 9.97 Å². The van der Waals surface area contributed by atoms with E-state index >= 15 is 0 Å². The van der Waals surface area contributed by atoms with Crippen LogP contribution in [0.5, 0.6) is 11.5 Å². The fraction of sp³-hybridized carbons (Fsp3) is 0.125. The summed E-state index contributed by atoms with van der Waals surface area (Å²) in [5.74, 6) is -1.62. The molecule has 3 rings (SSSR count). The quantitative estimate of drug-likeness (QED) is 0.581. The number of carbonyl (C=O) groups excluding carboxylic acids is 1. The van der Waals surface area contributed by atoms with Gasteiger partial charge >= 0.3 is 11.6 Å². The highest BCUT2D eigenvalue weighted by Crippen LogP contribution is 2.31. The summed E-state index contributed by atoms with van der Waals surface area (Å²) >= 11 is 0. The molecule has 2 heterocycles. The lowest BCUT2D eigenvalue weighted by molar-refractivity contribution is 0.0692. The molecule has 134 valence electrons. The normalized spacial score (nSPS) is 10.5. The predicted molar refractivity (Wildman–Crippen MR) is 89.1 cm³/mol. The Morgan fingerprint density at radius 3 is 2.54 bits per heavy atom. The van der Waals surface area contributed by atoms with Gasteiger partial charge in [0.25, 0.3) is 5.91 Å². The molecule has 0 saturated carbocycles. The number of methoxy groups -OCH3 is 2. The standard InChI is InChI=1S/C16H13N3O7/c1-24-10-4-7-3-8(16(23)26-9(7)5-11(10)25-2)14(20)19-13-12(15(21)22)17-6-18-13/h3-6H,1-2H3,(H,17,18)(H,19,20)(H,21,22). The Hall–Kier alpha value is -3.82. The van der Waals surface area contributed by atoms with Gasteiger partial charge in [-0.3, -0.25) is 4.79 Å². The van der Waals surface area contributed by atoms with Crippen molar-refractivity contribution in [2.24, 2.45) is 0 Å². The lowest BCUT2D eigenvalue weighted by Crippen LogP contribution is -2.22. The minimum Gasteiger partial charge on any atom is -0.493 e. The molecule has 0 bridgehead atoms. The first-order chi connectivity index (χ1) is 12.4. The smallest absolute Gasteiger partial charge is 0.356 e. The number of H-pyrrole nitrogens is 1. The number of aromatic carboxylic acids is 1. The molecule has 26 heavy (non-hydrogen) atoms. The lowest BCUT2D eigenvalue weighted by Gasteiger charge is -2.09. The van der Waals surface area contributed by atoms with E-state index in [4.69, 9.17) is 19.0 Å². The third-order valence-electron chi connectivity index (χ3n) is 3.57. The number of anilines is 1. The van der Waals surface area contributed by atoms with Gasteiger partial charge in [0.2, 0.25) is 0 Å². The van der Waals surface area contributed by atoms with Crippen molar-refractivity contribution in [2.45, 2.75) is 0 Å². The molecule has 10 nitrogen and oxygen atoms in total. The van der Waals surface area contributed by atoms with Crippen molar-refractivity contribution in [2.75, 3.05) is 19.5 Å². The van der Waals surface area contributed by atoms with Crippen LogP contribution in [-0.2, 0) is 0 Å². The van der Waals surface area contributed by atoms with E-state index < -0.39 is 17.5 Å². The van der Waals surface area contributed by atoms with E-state index in [-0.39, 0.29) is 22.7 Å². The number of hydrogen-bond donors (Lipinski definition) is 3. The summed E-state index contributed by atoms with van der Waals surface area (Å²) in [6.07, 6.45) is 1.11. The van der Waals surface area contributed by atoms with E-state index in [1.54, 1.807) is 6.07 Å². The van der Waals surface area contributed by atoms with Crippen molar-refractivity contribution in [3.05, 3.63) is 46.2 Å². The average molecular weight is 359 g/mol. The van der Waals surface area contributed by atoms with Crippen LogP contribution in [0.4, 0.5) is 5.82 Å². The highest BCUT2D eigenvalue weighted by molar-refractivity contribution is 6.07. The maximum atomic E-state index is 12.4. The summed E-state index contributed by atoms with van der Waals surface area (Å²) in [5, 5.41) is 11.7. The van der Waals surface area contributed by atoms with E-state index in [1.165, 1.54) is 26.4 Å². The Morgan fingerprint density at radius 2 is 1.88 bits per heavy atom. The van der Waals surface area contributed by atoms with Gasteiger partial charge < -0.3 is 29.3 Å². The number of carboxylic acids is 1. The third kappa shape index (κ3) is 2.95. The molecule has 0 unspecified atom stereocenters. The Bertz CT molecular complexity index is 1070. The predicted octanol–water partition coefficient (Wildman–Crippen LogP) is 1.48. The second-order valence-electron chi connectivity index (χ2n) is 5.08. The number of nitrogens with one attached hydrogen (secondary N) is 2. The number of aromatic nitrogens is 2. The van der Waals surface area contributed by atoms with Gasteiger partial charge in [0.05, 0.1) is 20.5 Å². The van der Waals surface area contributed by atoms with Crippen LogP contribution in [-0.4, -0.2) is 41.2 Å². The van der Waals surface area contributed by atoms with Crippen LogP contribution < -0.4 is 20.4 Å². The van der Waals surface area contributed by atoms with Crippen molar-refractivity contribution in [3.63, 3.8) is 0 Å². The Labute approximate surface area is 145 Å². The topological polar surface area (TPSA) is 144 Å². The van der Waals surface area contributed by atoms with E-state index in [0.29, 0.717) is 16.9 Å². The van der Waals surface area contributed by atoms with Crippen LogP contribution >= 0.6 is 0 Å². The highest BCUT2D eigenvalue weighted by Gasteiger charge is 2.20. The number of imidazole rings is 1. The summed E-state index contributed by atoms with van der Waals surface area (Å²) in [4.78, 5) is 41.6. The maximum Gasteiger partial charge on any atom is 0.356 e. The summed E-state index contributed by atoms with van der Waals surface area (Å²) in [6, 6.07) is 4.32. The number of aromatic amines is 1. The number of benzene rings is 1. The van der Waals surface area contributed by atoms with Crippen molar-refractivity contribution >= 4 is 28.7 Å². The minimum absolute atomic E-state index is 0.204. The average Bonchev–Trinajstić information content (AvgIpc) is 3.08. The molecule has 0 spiro atoms. The summed E-state index contributed by atoms with van der Waals surface area (Å²) in [7, 11) is 2.88. The first-order valence-corrected chi connectivity index (χ1v) is 7.22.